The fourth-order valence-electron chi connectivity index (χ4n) is 2.87. The second-order valence-electron chi connectivity index (χ2n) is 6.41. The highest BCUT2D eigenvalue weighted by molar-refractivity contribution is 7.90. The van der Waals surface area contributed by atoms with Crippen molar-refractivity contribution in [1.82, 2.24) is 5.16 Å². The van der Waals surface area contributed by atoms with Gasteiger partial charge in [-0.2, -0.15) is 0 Å². The topological polar surface area (TPSA) is 60.2 Å². The second-order valence-corrected chi connectivity index (χ2v) is 8.36. The van der Waals surface area contributed by atoms with Crippen molar-refractivity contribution in [3.63, 3.8) is 0 Å². The summed E-state index contributed by atoms with van der Waals surface area (Å²) in [6, 6.07) is 6.42. The minimum absolute atomic E-state index is 0.0238. The molecule has 0 bridgehead atoms. The van der Waals surface area contributed by atoms with Crippen molar-refractivity contribution >= 4 is 9.84 Å². The first-order chi connectivity index (χ1) is 13.0. The van der Waals surface area contributed by atoms with Gasteiger partial charge in [0.25, 0.3) is 6.43 Å². The lowest BCUT2D eigenvalue weighted by Gasteiger charge is -2.09. The van der Waals surface area contributed by atoms with Crippen LogP contribution in [-0.2, 0) is 9.84 Å². The van der Waals surface area contributed by atoms with Crippen LogP contribution < -0.4 is 0 Å². The van der Waals surface area contributed by atoms with Gasteiger partial charge in [0, 0.05) is 11.8 Å². The van der Waals surface area contributed by atoms with E-state index in [2.05, 4.69) is 5.16 Å². The molecule has 148 valence electrons. The third-order valence-electron chi connectivity index (χ3n) is 4.35. The maximum atomic E-state index is 14.3. The molecule has 28 heavy (non-hydrogen) atoms. The molecule has 0 aliphatic heterocycles. The van der Waals surface area contributed by atoms with Crippen LogP contribution in [0.25, 0.3) is 22.4 Å². The van der Waals surface area contributed by atoms with Gasteiger partial charge in [-0.25, -0.2) is 26.0 Å². The summed E-state index contributed by atoms with van der Waals surface area (Å²) < 4.78 is 83.4. The van der Waals surface area contributed by atoms with Gasteiger partial charge < -0.3 is 4.52 Å². The zero-order valence-electron chi connectivity index (χ0n) is 15.1. The Hall–Kier alpha value is -2.68. The second kappa shape index (κ2) is 7.05. The number of alkyl halides is 2. The minimum Gasteiger partial charge on any atom is -0.354 e. The van der Waals surface area contributed by atoms with Crippen LogP contribution in [0.3, 0.4) is 0 Å². The Bertz CT molecular complexity index is 1150. The molecule has 1 heterocycles. The summed E-state index contributed by atoms with van der Waals surface area (Å²) in [6.45, 7) is 3.68. The summed E-state index contributed by atoms with van der Waals surface area (Å²) in [5.74, 6) is -3.63. The predicted octanol–water partition coefficient (Wildman–Crippen LogP) is 5.24. The van der Waals surface area contributed by atoms with Crippen molar-refractivity contribution in [2.45, 2.75) is 25.2 Å². The Balaban J connectivity index is 2.30. The Kier molecular flexibility index (Phi) is 5.05. The summed E-state index contributed by atoms with van der Waals surface area (Å²) in [5.41, 5.74) is 1.61. The molecule has 0 fully saturated rings. The molecule has 9 heteroatoms. The van der Waals surface area contributed by atoms with E-state index in [0.717, 1.165) is 11.1 Å². The normalized spacial score (nSPS) is 12.0. The molecule has 0 radical (unpaired) electrons. The third kappa shape index (κ3) is 3.54. The molecule has 0 spiro atoms. The van der Waals surface area contributed by atoms with Crippen LogP contribution in [0.15, 0.2) is 39.8 Å². The van der Waals surface area contributed by atoms with Gasteiger partial charge in [-0.05, 0) is 48.7 Å². The molecular formula is C19H15F4NO3S. The van der Waals surface area contributed by atoms with Gasteiger partial charge in [0.2, 0.25) is 5.76 Å². The highest BCUT2D eigenvalue weighted by Gasteiger charge is 2.29. The standard InChI is InChI=1S/C19H15F4NO3S/c1-9-4-5-11(6-10(9)2)16-15(17(19(22)23)27-24-16)12-7-13(20)18(14(21)8-12)28(3,25)26/h4-8,19H,1-3H3. The van der Waals surface area contributed by atoms with Crippen molar-refractivity contribution in [2.24, 2.45) is 0 Å². The van der Waals surface area contributed by atoms with Gasteiger partial charge in [0.05, 0.1) is 5.56 Å². The molecule has 0 saturated heterocycles. The number of nitrogens with zero attached hydrogens (tertiary/aromatic N) is 1. The van der Waals surface area contributed by atoms with Crippen LogP contribution in [0.1, 0.15) is 23.3 Å². The molecule has 4 nitrogen and oxygen atoms in total. The number of aromatic nitrogens is 1. The quantitative estimate of drug-likeness (QED) is 0.549. The Morgan fingerprint density at radius 2 is 1.57 bits per heavy atom. The average Bonchev–Trinajstić information content (AvgIpc) is 3.00. The van der Waals surface area contributed by atoms with Gasteiger partial charge >= 0.3 is 0 Å². The number of benzene rings is 2. The van der Waals surface area contributed by atoms with Crippen molar-refractivity contribution in [1.29, 1.82) is 0 Å². The SMILES string of the molecule is Cc1ccc(-c2noc(C(F)F)c2-c2cc(F)c(S(C)(=O)=O)c(F)c2)cc1C. The molecule has 0 atom stereocenters. The van der Waals surface area contributed by atoms with E-state index in [4.69, 9.17) is 4.52 Å². The first-order valence-electron chi connectivity index (χ1n) is 8.05. The van der Waals surface area contributed by atoms with Crippen LogP contribution in [0.2, 0.25) is 0 Å². The van der Waals surface area contributed by atoms with E-state index < -0.39 is 38.6 Å². The van der Waals surface area contributed by atoms with E-state index in [1.165, 1.54) is 0 Å². The number of hydrogen-bond donors (Lipinski definition) is 0. The molecule has 0 N–H and O–H groups in total. The fourth-order valence-corrected chi connectivity index (χ4v) is 3.70. The van der Waals surface area contributed by atoms with Crippen molar-refractivity contribution < 1.29 is 30.5 Å². The fraction of sp³-hybridized carbons (Fsp3) is 0.211. The van der Waals surface area contributed by atoms with Crippen molar-refractivity contribution in [3.8, 4) is 22.4 Å². The molecule has 1 aromatic heterocycles. The number of halogens is 4. The lowest BCUT2D eigenvalue weighted by molar-refractivity contribution is 0.113. The molecule has 3 aromatic rings. The lowest BCUT2D eigenvalue weighted by Crippen LogP contribution is -2.05. The molecule has 0 saturated carbocycles. The van der Waals surface area contributed by atoms with Gasteiger partial charge in [-0.3, -0.25) is 0 Å². The molecule has 0 amide bonds. The van der Waals surface area contributed by atoms with E-state index in [9.17, 15) is 26.0 Å². The first-order valence-corrected chi connectivity index (χ1v) is 9.94. The third-order valence-corrected chi connectivity index (χ3v) is 5.49. The van der Waals surface area contributed by atoms with Gasteiger partial charge in [-0.1, -0.05) is 17.3 Å². The monoisotopic (exact) mass is 413 g/mol. The van der Waals surface area contributed by atoms with Gasteiger partial charge in [0.15, 0.2) is 9.84 Å². The Morgan fingerprint density at radius 3 is 2.07 bits per heavy atom. The number of hydrogen-bond acceptors (Lipinski definition) is 4. The zero-order valence-corrected chi connectivity index (χ0v) is 15.9. The summed E-state index contributed by atoms with van der Waals surface area (Å²) in [7, 11) is -4.19. The zero-order chi connectivity index (χ0) is 20.8. The summed E-state index contributed by atoms with van der Waals surface area (Å²) in [5, 5.41) is 3.67. The molecule has 3 rings (SSSR count). The van der Waals surface area contributed by atoms with Crippen LogP contribution in [-0.4, -0.2) is 19.8 Å². The number of rotatable bonds is 4. The van der Waals surface area contributed by atoms with Crippen LogP contribution in [0.5, 0.6) is 0 Å². The lowest BCUT2D eigenvalue weighted by atomic mass is 9.97. The summed E-state index contributed by atoms with van der Waals surface area (Å²) in [6.07, 6.45) is -2.44. The molecular weight excluding hydrogens is 398 g/mol. The average molecular weight is 413 g/mol. The van der Waals surface area contributed by atoms with Crippen LogP contribution >= 0.6 is 0 Å². The largest absolute Gasteiger partial charge is 0.354 e. The minimum atomic E-state index is -4.19. The smallest absolute Gasteiger partial charge is 0.298 e. The predicted molar refractivity (Wildman–Crippen MR) is 94.8 cm³/mol. The number of sulfone groups is 1. The van der Waals surface area contributed by atoms with Crippen molar-refractivity contribution in [3.05, 3.63) is 58.9 Å². The van der Waals surface area contributed by atoms with E-state index in [-0.39, 0.29) is 16.8 Å². The summed E-state index contributed by atoms with van der Waals surface area (Å²) >= 11 is 0. The van der Waals surface area contributed by atoms with Gasteiger partial charge in [-0.15, -0.1) is 0 Å². The molecule has 0 unspecified atom stereocenters. The van der Waals surface area contributed by atoms with Crippen LogP contribution in [0.4, 0.5) is 17.6 Å². The molecule has 0 aliphatic carbocycles. The Labute approximate surface area is 158 Å². The van der Waals surface area contributed by atoms with E-state index in [1.807, 2.05) is 13.8 Å². The van der Waals surface area contributed by atoms with E-state index >= 15 is 0 Å². The van der Waals surface area contributed by atoms with E-state index in [0.29, 0.717) is 24.0 Å². The molecule has 2 aromatic carbocycles. The van der Waals surface area contributed by atoms with Crippen LogP contribution in [0, 0.1) is 25.5 Å². The maximum Gasteiger partial charge on any atom is 0.298 e. The summed E-state index contributed by atoms with van der Waals surface area (Å²) in [4.78, 5) is -1.13. The molecule has 0 aliphatic rings. The maximum absolute atomic E-state index is 14.3. The van der Waals surface area contributed by atoms with E-state index in [1.54, 1.807) is 18.2 Å². The highest BCUT2D eigenvalue weighted by atomic mass is 32.2. The van der Waals surface area contributed by atoms with Crippen molar-refractivity contribution in [2.75, 3.05) is 6.26 Å². The number of aryl methyl sites for hydroxylation is 2. The van der Waals surface area contributed by atoms with Gasteiger partial charge in [0.1, 0.15) is 22.2 Å². The Morgan fingerprint density at radius 1 is 0.964 bits per heavy atom. The highest BCUT2D eigenvalue weighted by Crippen LogP contribution is 2.40. The first kappa shape index (κ1) is 20.1.